The Bertz CT molecular complexity index is 1240. The van der Waals surface area contributed by atoms with Crippen LogP contribution in [0.15, 0.2) is 65.0 Å². The molecule has 0 amide bonds. The van der Waals surface area contributed by atoms with Crippen LogP contribution in [0, 0.1) is 6.92 Å². The minimum atomic E-state index is -0.628. The van der Waals surface area contributed by atoms with Crippen molar-refractivity contribution in [2.24, 2.45) is 0 Å². The number of pyridine rings is 2. The number of hydrogen-bond acceptors (Lipinski definition) is 5. The van der Waals surface area contributed by atoms with Gasteiger partial charge in [-0.15, -0.1) is 11.3 Å². The molecular formula is C22H18N2O3S. The summed E-state index contributed by atoms with van der Waals surface area (Å²) in [6, 6.07) is 13.5. The lowest BCUT2D eigenvalue weighted by Crippen LogP contribution is -2.21. The fourth-order valence-electron chi connectivity index (χ4n) is 3.10. The predicted octanol–water partition coefficient (Wildman–Crippen LogP) is 4.60. The number of esters is 1. The molecule has 0 spiro atoms. The fourth-order valence-corrected chi connectivity index (χ4v) is 4.00. The molecule has 0 aliphatic rings. The predicted molar refractivity (Wildman–Crippen MR) is 111 cm³/mol. The molecule has 0 saturated heterocycles. The molecule has 0 saturated carbocycles. The van der Waals surface area contributed by atoms with Crippen LogP contribution in [0.25, 0.3) is 27.2 Å². The molecule has 1 aromatic carbocycles. The zero-order valence-electron chi connectivity index (χ0n) is 15.5. The highest BCUT2D eigenvalue weighted by molar-refractivity contribution is 7.13. The normalized spacial score (nSPS) is 10.9. The van der Waals surface area contributed by atoms with Gasteiger partial charge in [-0.25, -0.2) is 9.78 Å². The van der Waals surface area contributed by atoms with E-state index in [2.05, 4.69) is 23.4 Å². The Morgan fingerprint density at radius 1 is 1.21 bits per heavy atom. The smallest absolute Gasteiger partial charge is 0.343 e. The van der Waals surface area contributed by atoms with E-state index in [4.69, 9.17) is 4.74 Å². The topological polar surface area (TPSA) is 61.2 Å². The molecule has 0 atom stereocenters. The van der Waals surface area contributed by atoms with Gasteiger partial charge in [-0.05, 0) is 60.7 Å². The van der Waals surface area contributed by atoms with E-state index in [1.165, 1.54) is 11.8 Å². The summed E-state index contributed by atoms with van der Waals surface area (Å²) in [6.45, 7) is 3.98. The molecule has 0 bridgehead atoms. The maximum atomic E-state index is 12.8. The zero-order valence-corrected chi connectivity index (χ0v) is 16.3. The number of hydrogen-bond donors (Lipinski definition) is 0. The summed E-state index contributed by atoms with van der Waals surface area (Å²) < 4.78 is 6.84. The van der Waals surface area contributed by atoms with E-state index in [1.54, 1.807) is 41.2 Å². The van der Waals surface area contributed by atoms with Gasteiger partial charge in [0.1, 0.15) is 11.2 Å². The van der Waals surface area contributed by atoms with Crippen molar-refractivity contribution in [1.82, 2.24) is 9.55 Å². The zero-order chi connectivity index (χ0) is 19.7. The van der Waals surface area contributed by atoms with Gasteiger partial charge in [0.25, 0.3) is 0 Å². The molecule has 4 rings (SSSR count). The molecule has 0 N–H and O–H groups in total. The first-order valence-electron chi connectivity index (χ1n) is 8.92. The van der Waals surface area contributed by atoms with Crippen LogP contribution in [-0.2, 0) is 4.74 Å². The van der Waals surface area contributed by atoms with Crippen molar-refractivity contribution in [3.05, 3.63) is 81.6 Å². The van der Waals surface area contributed by atoms with Gasteiger partial charge in [-0.3, -0.25) is 4.79 Å². The summed E-state index contributed by atoms with van der Waals surface area (Å²) in [7, 11) is 0. The molecule has 140 valence electrons. The molecule has 0 unspecified atom stereocenters. The molecule has 0 radical (unpaired) electrons. The lowest BCUT2D eigenvalue weighted by molar-refractivity contribution is 0.0524. The quantitative estimate of drug-likeness (QED) is 0.478. The van der Waals surface area contributed by atoms with Gasteiger partial charge in [0, 0.05) is 23.0 Å². The Kier molecular flexibility index (Phi) is 4.79. The highest BCUT2D eigenvalue weighted by Crippen LogP contribution is 2.29. The van der Waals surface area contributed by atoms with Crippen LogP contribution in [-0.4, -0.2) is 22.1 Å². The summed E-state index contributed by atoms with van der Waals surface area (Å²) in [4.78, 5) is 30.6. The van der Waals surface area contributed by atoms with Crippen molar-refractivity contribution in [3.63, 3.8) is 0 Å². The Balaban J connectivity index is 1.95. The monoisotopic (exact) mass is 390 g/mol. The van der Waals surface area contributed by atoms with E-state index in [0.29, 0.717) is 11.0 Å². The van der Waals surface area contributed by atoms with Gasteiger partial charge in [-0.2, -0.15) is 0 Å². The van der Waals surface area contributed by atoms with Gasteiger partial charge in [0.05, 0.1) is 12.0 Å². The molecule has 4 aromatic rings. The fraction of sp³-hybridized carbons (Fsp3) is 0.136. The van der Waals surface area contributed by atoms with Crippen LogP contribution < -0.4 is 5.43 Å². The van der Waals surface area contributed by atoms with Crippen LogP contribution >= 0.6 is 11.3 Å². The van der Waals surface area contributed by atoms with Crippen LogP contribution in [0.1, 0.15) is 22.8 Å². The number of carbonyl (C=O) groups excluding carboxylic acids is 1. The number of rotatable bonds is 4. The van der Waals surface area contributed by atoms with Crippen molar-refractivity contribution in [3.8, 4) is 16.1 Å². The third-order valence-corrected chi connectivity index (χ3v) is 5.49. The average Bonchev–Trinajstić information content (AvgIpc) is 3.15. The third-order valence-electron chi connectivity index (χ3n) is 4.40. The van der Waals surface area contributed by atoms with Crippen molar-refractivity contribution in [1.29, 1.82) is 0 Å². The summed E-state index contributed by atoms with van der Waals surface area (Å²) in [5.74, 6) is -0.628. The second-order valence-electron chi connectivity index (χ2n) is 6.38. The van der Waals surface area contributed by atoms with Crippen molar-refractivity contribution >= 4 is 28.3 Å². The maximum absolute atomic E-state index is 12.8. The third kappa shape index (κ3) is 3.23. The van der Waals surface area contributed by atoms with Crippen molar-refractivity contribution in [2.45, 2.75) is 13.8 Å². The number of nitrogens with zero attached hydrogens (tertiary/aromatic N) is 2. The van der Waals surface area contributed by atoms with E-state index in [9.17, 15) is 9.59 Å². The minimum Gasteiger partial charge on any atom is -0.462 e. The summed E-state index contributed by atoms with van der Waals surface area (Å²) in [6.07, 6.45) is 3.16. The highest BCUT2D eigenvalue weighted by atomic mass is 32.1. The van der Waals surface area contributed by atoms with Crippen LogP contribution in [0.4, 0.5) is 0 Å². The number of benzene rings is 1. The van der Waals surface area contributed by atoms with E-state index in [1.807, 2.05) is 24.3 Å². The first kappa shape index (κ1) is 18.1. The largest absolute Gasteiger partial charge is 0.462 e. The average molecular weight is 390 g/mol. The molecule has 0 aliphatic carbocycles. The molecule has 3 aromatic heterocycles. The van der Waals surface area contributed by atoms with E-state index >= 15 is 0 Å². The number of aryl methyl sites for hydroxylation is 1. The van der Waals surface area contributed by atoms with Crippen molar-refractivity contribution < 1.29 is 9.53 Å². The Hall–Kier alpha value is -3.25. The van der Waals surface area contributed by atoms with E-state index in [-0.39, 0.29) is 17.6 Å². The number of thiophene rings is 1. The highest BCUT2D eigenvalue weighted by Gasteiger charge is 2.18. The molecule has 0 fully saturated rings. The SMILES string of the molecule is CCOC(=O)c1cn(-c2cccc(-c3cc(C)cs3)c2)c2ncccc2c1=O. The number of ether oxygens (including phenoxy) is 1. The number of aromatic nitrogens is 2. The summed E-state index contributed by atoms with van der Waals surface area (Å²) >= 11 is 1.68. The lowest BCUT2D eigenvalue weighted by Gasteiger charge is -2.13. The van der Waals surface area contributed by atoms with Gasteiger partial charge in [0.15, 0.2) is 0 Å². The molecule has 6 heteroatoms. The molecule has 28 heavy (non-hydrogen) atoms. The van der Waals surface area contributed by atoms with Crippen LogP contribution in [0.3, 0.4) is 0 Å². The first-order chi connectivity index (χ1) is 13.6. The molecule has 3 heterocycles. The Morgan fingerprint density at radius 2 is 2.07 bits per heavy atom. The minimum absolute atomic E-state index is 0.000258. The Morgan fingerprint density at radius 3 is 2.82 bits per heavy atom. The lowest BCUT2D eigenvalue weighted by atomic mass is 10.1. The standard InChI is InChI=1S/C22H18N2O3S/c1-3-27-22(26)18-12-24(21-17(20(18)25)8-5-9-23-21)16-7-4-6-15(11-16)19-10-14(2)13-28-19/h4-13H,3H2,1-2H3. The maximum Gasteiger partial charge on any atom is 0.343 e. The van der Waals surface area contributed by atoms with Gasteiger partial charge in [0.2, 0.25) is 5.43 Å². The van der Waals surface area contributed by atoms with E-state index < -0.39 is 5.97 Å². The van der Waals surface area contributed by atoms with Gasteiger partial charge >= 0.3 is 5.97 Å². The second-order valence-corrected chi connectivity index (χ2v) is 7.29. The van der Waals surface area contributed by atoms with Crippen LogP contribution in [0.5, 0.6) is 0 Å². The van der Waals surface area contributed by atoms with Gasteiger partial charge < -0.3 is 9.30 Å². The van der Waals surface area contributed by atoms with E-state index in [0.717, 1.165) is 16.1 Å². The summed E-state index contributed by atoms with van der Waals surface area (Å²) in [5.41, 5.74) is 3.22. The molecule has 5 nitrogen and oxygen atoms in total. The molecular weight excluding hydrogens is 372 g/mol. The molecule has 0 aliphatic heterocycles. The van der Waals surface area contributed by atoms with Crippen molar-refractivity contribution in [2.75, 3.05) is 6.61 Å². The van der Waals surface area contributed by atoms with Gasteiger partial charge in [-0.1, -0.05) is 12.1 Å². The van der Waals surface area contributed by atoms with Crippen LogP contribution in [0.2, 0.25) is 0 Å². The summed E-state index contributed by atoms with van der Waals surface area (Å²) in [5, 5.41) is 2.49. The Labute approximate surface area is 165 Å². The second kappa shape index (κ2) is 7.40. The number of carbonyl (C=O) groups is 1. The first-order valence-corrected chi connectivity index (χ1v) is 9.80. The number of fused-ring (bicyclic) bond motifs is 1.